The smallest absolute Gasteiger partial charge is 0.138 e. The number of rotatable bonds is 4. The van der Waals surface area contributed by atoms with Crippen LogP contribution >= 0.6 is 11.6 Å². The van der Waals surface area contributed by atoms with Gasteiger partial charge >= 0.3 is 0 Å². The van der Waals surface area contributed by atoms with Crippen LogP contribution in [0.15, 0.2) is 18.2 Å². The van der Waals surface area contributed by atoms with Crippen molar-refractivity contribution < 1.29 is 9.13 Å². The summed E-state index contributed by atoms with van der Waals surface area (Å²) >= 11 is 5.78. The van der Waals surface area contributed by atoms with Gasteiger partial charge in [0.15, 0.2) is 0 Å². The molecule has 0 N–H and O–H groups in total. The second kappa shape index (κ2) is 5.57. The summed E-state index contributed by atoms with van der Waals surface area (Å²) in [5, 5.41) is 8.76. The lowest BCUT2D eigenvalue weighted by Crippen LogP contribution is -2.14. The number of benzene rings is 1. The number of ether oxygens (including phenoxy) is 1. The first-order valence-corrected chi connectivity index (χ1v) is 5.03. The van der Waals surface area contributed by atoms with E-state index in [4.69, 9.17) is 21.6 Å². The highest BCUT2D eigenvalue weighted by Gasteiger charge is 2.10. The Bertz CT molecular complexity index is 375. The Morgan fingerprint density at radius 2 is 2.33 bits per heavy atom. The topological polar surface area (TPSA) is 33.0 Å². The van der Waals surface area contributed by atoms with Crippen molar-refractivity contribution >= 4 is 11.6 Å². The van der Waals surface area contributed by atoms with E-state index in [0.29, 0.717) is 18.6 Å². The van der Waals surface area contributed by atoms with Gasteiger partial charge in [0.05, 0.1) is 17.5 Å². The molecule has 0 bridgehead atoms. The van der Waals surface area contributed by atoms with Crippen LogP contribution in [0.5, 0.6) is 5.75 Å². The standard InChI is InChI=1S/C11H11ClFNO/c1-2-9(5-6-14)15-11-4-3-8(13)7-10(11)12/h3-4,7,9H,2,5H2,1H3. The van der Waals surface area contributed by atoms with E-state index >= 15 is 0 Å². The van der Waals surface area contributed by atoms with Crippen molar-refractivity contribution in [2.45, 2.75) is 25.9 Å². The first-order valence-electron chi connectivity index (χ1n) is 4.66. The minimum absolute atomic E-state index is 0.196. The molecule has 1 aromatic rings. The molecule has 15 heavy (non-hydrogen) atoms. The maximum absolute atomic E-state index is 12.7. The molecule has 0 aromatic heterocycles. The van der Waals surface area contributed by atoms with Crippen LogP contribution in [0.2, 0.25) is 5.02 Å². The van der Waals surface area contributed by atoms with E-state index in [1.165, 1.54) is 18.2 Å². The molecule has 0 heterocycles. The van der Waals surface area contributed by atoms with Crippen LogP contribution < -0.4 is 4.74 Å². The van der Waals surface area contributed by atoms with E-state index in [1.54, 1.807) is 0 Å². The van der Waals surface area contributed by atoms with Gasteiger partial charge in [-0.1, -0.05) is 18.5 Å². The summed E-state index contributed by atoms with van der Waals surface area (Å²) in [7, 11) is 0. The molecule has 0 radical (unpaired) electrons. The molecule has 0 aliphatic carbocycles. The zero-order chi connectivity index (χ0) is 11.3. The Hall–Kier alpha value is -1.27. The van der Waals surface area contributed by atoms with Gasteiger partial charge in [-0.05, 0) is 24.6 Å². The van der Waals surface area contributed by atoms with Gasteiger partial charge in [0.1, 0.15) is 17.7 Å². The molecule has 0 saturated carbocycles. The van der Waals surface area contributed by atoms with E-state index in [2.05, 4.69) is 0 Å². The van der Waals surface area contributed by atoms with Crippen LogP contribution in [0.25, 0.3) is 0 Å². The van der Waals surface area contributed by atoms with Crippen LogP contribution in [0.4, 0.5) is 4.39 Å². The first kappa shape index (κ1) is 11.8. The third kappa shape index (κ3) is 3.41. The summed E-state index contributed by atoms with van der Waals surface area (Å²) in [6.45, 7) is 1.92. The molecule has 0 amide bonds. The fourth-order valence-electron chi connectivity index (χ4n) is 1.12. The lowest BCUT2D eigenvalue weighted by atomic mass is 10.2. The summed E-state index contributed by atoms with van der Waals surface area (Å²) in [5.74, 6) is 0.0147. The monoisotopic (exact) mass is 227 g/mol. The van der Waals surface area contributed by atoms with Gasteiger partial charge < -0.3 is 4.74 Å². The lowest BCUT2D eigenvalue weighted by molar-refractivity contribution is 0.202. The van der Waals surface area contributed by atoms with Gasteiger partial charge in [0.25, 0.3) is 0 Å². The Kier molecular flexibility index (Phi) is 4.38. The molecule has 0 fully saturated rings. The normalized spacial score (nSPS) is 11.9. The fraction of sp³-hybridized carbons (Fsp3) is 0.364. The summed E-state index contributed by atoms with van der Waals surface area (Å²) < 4.78 is 18.2. The second-order valence-electron chi connectivity index (χ2n) is 3.09. The Balaban J connectivity index is 2.75. The van der Waals surface area contributed by atoms with Crippen molar-refractivity contribution in [1.82, 2.24) is 0 Å². The van der Waals surface area contributed by atoms with Crippen LogP contribution in [-0.2, 0) is 0 Å². The highest BCUT2D eigenvalue weighted by Crippen LogP contribution is 2.26. The van der Waals surface area contributed by atoms with Gasteiger partial charge in [0.2, 0.25) is 0 Å². The number of nitriles is 1. The second-order valence-corrected chi connectivity index (χ2v) is 3.49. The highest BCUT2D eigenvalue weighted by atomic mass is 35.5. The molecule has 1 rings (SSSR count). The predicted molar refractivity (Wildman–Crippen MR) is 56.3 cm³/mol. The van der Waals surface area contributed by atoms with Crippen molar-refractivity contribution in [3.05, 3.63) is 29.0 Å². The third-order valence-corrected chi connectivity index (χ3v) is 2.26. The minimum Gasteiger partial charge on any atom is -0.488 e. The van der Waals surface area contributed by atoms with Gasteiger partial charge in [-0.15, -0.1) is 0 Å². The number of hydrogen-bond acceptors (Lipinski definition) is 2. The van der Waals surface area contributed by atoms with Gasteiger partial charge in [-0.25, -0.2) is 4.39 Å². The van der Waals surface area contributed by atoms with Crippen molar-refractivity contribution in [2.75, 3.05) is 0 Å². The Labute approximate surface area is 93.2 Å². The Morgan fingerprint density at radius 3 is 2.87 bits per heavy atom. The summed E-state index contributed by atoms with van der Waals surface area (Å²) in [6, 6.07) is 5.97. The summed E-state index contributed by atoms with van der Waals surface area (Å²) in [4.78, 5) is 0. The van der Waals surface area contributed by atoms with E-state index in [1.807, 2.05) is 13.0 Å². The van der Waals surface area contributed by atoms with Gasteiger partial charge in [0, 0.05) is 0 Å². The zero-order valence-corrected chi connectivity index (χ0v) is 9.09. The third-order valence-electron chi connectivity index (χ3n) is 1.96. The fourth-order valence-corrected chi connectivity index (χ4v) is 1.33. The Morgan fingerprint density at radius 1 is 1.60 bits per heavy atom. The molecule has 1 atom stereocenters. The molecular weight excluding hydrogens is 217 g/mol. The van der Waals surface area contributed by atoms with Gasteiger partial charge in [-0.3, -0.25) is 0 Å². The average molecular weight is 228 g/mol. The van der Waals surface area contributed by atoms with Crippen LogP contribution in [-0.4, -0.2) is 6.10 Å². The molecule has 2 nitrogen and oxygen atoms in total. The molecule has 0 aliphatic heterocycles. The largest absolute Gasteiger partial charge is 0.488 e. The van der Waals surface area contributed by atoms with Crippen molar-refractivity contribution in [3.8, 4) is 11.8 Å². The van der Waals surface area contributed by atoms with E-state index in [9.17, 15) is 4.39 Å². The van der Waals surface area contributed by atoms with Crippen molar-refractivity contribution in [1.29, 1.82) is 5.26 Å². The first-order chi connectivity index (χ1) is 7.17. The number of nitrogens with zero attached hydrogens (tertiary/aromatic N) is 1. The molecule has 0 aliphatic rings. The lowest BCUT2D eigenvalue weighted by Gasteiger charge is -2.15. The molecule has 1 aromatic carbocycles. The maximum atomic E-state index is 12.7. The predicted octanol–water partition coefficient (Wildman–Crippen LogP) is 3.55. The maximum Gasteiger partial charge on any atom is 0.138 e. The average Bonchev–Trinajstić information content (AvgIpc) is 2.21. The molecule has 80 valence electrons. The molecule has 0 saturated heterocycles. The molecule has 4 heteroatoms. The van der Waals surface area contributed by atoms with E-state index < -0.39 is 5.82 Å². The zero-order valence-electron chi connectivity index (χ0n) is 8.34. The molecule has 1 unspecified atom stereocenters. The highest BCUT2D eigenvalue weighted by molar-refractivity contribution is 6.32. The van der Waals surface area contributed by atoms with E-state index in [0.717, 1.165) is 0 Å². The van der Waals surface area contributed by atoms with Crippen molar-refractivity contribution in [3.63, 3.8) is 0 Å². The minimum atomic E-state index is -0.402. The quantitative estimate of drug-likeness (QED) is 0.788. The van der Waals surface area contributed by atoms with E-state index in [-0.39, 0.29) is 11.1 Å². The number of halogens is 2. The number of hydrogen-bond donors (Lipinski definition) is 0. The van der Waals surface area contributed by atoms with Crippen LogP contribution in [0, 0.1) is 17.1 Å². The molecular formula is C11H11ClFNO. The summed E-state index contributed by atoms with van der Waals surface area (Å²) in [6.07, 6.45) is 0.809. The van der Waals surface area contributed by atoms with Crippen molar-refractivity contribution in [2.24, 2.45) is 0 Å². The van der Waals surface area contributed by atoms with Gasteiger partial charge in [-0.2, -0.15) is 5.26 Å². The molecule has 0 spiro atoms. The van der Waals surface area contributed by atoms with Crippen LogP contribution in [0.1, 0.15) is 19.8 Å². The summed E-state index contributed by atoms with van der Waals surface area (Å²) in [5.41, 5.74) is 0. The SMILES string of the molecule is CCC(CC#N)Oc1ccc(F)cc1Cl. The van der Waals surface area contributed by atoms with Crippen LogP contribution in [0.3, 0.4) is 0 Å².